The highest BCUT2D eigenvalue weighted by Gasteiger charge is 2.29. The van der Waals surface area contributed by atoms with E-state index in [1.165, 1.54) is 22.2 Å². The third kappa shape index (κ3) is 2.29. The predicted molar refractivity (Wildman–Crippen MR) is 100 cm³/mol. The maximum Gasteiger partial charge on any atom is 0.237 e. The maximum absolute atomic E-state index is 12.3. The Balaban J connectivity index is 1.50. The summed E-state index contributed by atoms with van der Waals surface area (Å²) in [5.41, 5.74) is 5.71. The number of aromatic nitrogens is 1. The van der Waals surface area contributed by atoms with Crippen molar-refractivity contribution < 1.29 is 4.79 Å². The average molecular weight is 329 g/mol. The smallest absolute Gasteiger partial charge is 0.237 e. The molecule has 0 saturated carbocycles. The zero-order valence-electron chi connectivity index (χ0n) is 13.8. The van der Waals surface area contributed by atoms with Crippen molar-refractivity contribution in [3.05, 3.63) is 65.4 Å². The van der Waals surface area contributed by atoms with Gasteiger partial charge in [0.05, 0.1) is 6.04 Å². The van der Waals surface area contributed by atoms with Crippen LogP contribution in [0.2, 0.25) is 0 Å². The van der Waals surface area contributed by atoms with Gasteiger partial charge in [0.1, 0.15) is 5.92 Å². The highest BCUT2D eigenvalue weighted by atomic mass is 16.2. The number of aliphatic imine (C=N–C) groups is 1. The Hall–Kier alpha value is -2.88. The number of rotatable bonds is 2. The molecule has 0 bridgehead atoms. The van der Waals surface area contributed by atoms with Crippen LogP contribution in [0.25, 0.3) is 10.9 Å². The van der Waals surface area contributed by atoms with Crippen LogP contribution in [0.3, 0.4) is 0 Å². The molecule has 2 atom stereocenters. The second kappa shape index (κ2) is 5.59. The van der Waals surface area contributed by atoms with E-state index in [9.17, 15) is 4.79 Å². The van der Waals surface area contributed by atoms with Gasteiger partial charge in [0.25, 0.3) is 0 Å². The van der Waals surface area contributed by atoms with Crippen molar-refractivity contribution in [1.82, 2.24) is 4.98 Å². The van der Waals surface area contributed by atoms with E-state index in [1.54, 1.807) is 0 Å². The average Bonchev–Trinajstić information content (AvgIpc) is 3.17. The summed E-state index contributed by atoms with van der Waals surface area (Å²) < 4.78 is 0. The first-order valence-corrected chi connectivity index (χ1v) is 8.84. The third-order valence-corrected chi connectivity index (χ3v) is 5.34. The molecule has 1 aromatic heterocycles. The number of hydrogen-bond acceptors (Lipinski definition) is 2. The Morgan fingerprint density at radius 2 is 1.92 bits per heavy atom. The van der Waals surface area contributed by atoms with Gasteiger partial charge in [-0.15, -0.1) is 0 Å². The Morgan fingerprint density at radius 1 is 1.08 bits per heavy atom. The number of benzene rings is 2. The van der Waals surface area contributed by atoms with E-state index < -0.39 is 0 Å². The van der Waals surface area contributed by atoms with E-state index in [0.717, 1.165) is 30.5 Å². The normalized spacial score (nSPS) is 22.2. The van der Waals surface area contributed by atoms with Crippen LogP contribution in [0.4, 0.5) is 5.69 Å². The second-order valence-electron chi connectivity index (χ2n) is 6.82. The SMILES string of the molecule is O=C1Nc2ccccc2C1C=N[C@@H]1CCCc2c1[nH]c1ccccc21. The lowest BCUT2D eigenvalue weighted by Gasteiger charge is -2.19. The molecule has 1 unspecified atom stereocenters. The molecule has 0 fully saturated rings. The highest BCUT2D eigenvalue weighted by Crippen LogP contribution is 2.37. The largest absolute Gasteiger partial charge is 0.356 e. The van der Waals surface area contributed by atoms with Crippen molar-refractivity contribution in [1.29, 1.82) is 0 Å². The Morgan fingerprint density at radius 3 is 2.88 bits per heavy atom. The number of hydrogen-bond donors (Lipinski definition) is 2. The van der Waals surface area contributed by atoms with E-state index in [0.29, 0.717) is 0 Å². The molecule has 4 nitrogen and oxygen atoms in total. The lowest BCUT2D eigenvalue weighted by molar-refractivity contribution is -0.115. The van der Waals surface area contributed by atoms with E-state index in [-0.39, 0.29) is 17.9 Å². The summed E-state index contributed by atoms with van der Waals surface area (Å²) in [6.45, 7) is 0. The monoisotopic (exact) mass is 329 g/mol. The summed E-state index contributed by atoms with van der Waals surface area (Å²) in [5, 5.41) is 4.24. The second-order valence-corrected chi connectivity index (χ2v) is 6.82. The third-order valence-electron chi connectivity index (χ3n) is 5.34. The zero-order valence-corrected chi connectivity index (χ0v) is 13.8. The Labute approximate surface area is 146 Å². The van der Waals surface area contributed by atoms with Crippen LogP contribution in [0.1, 0.15) is 41.6 Å². The quantitative estimate of drug-likeness (QED) is 0.675. The van der Waals surface area contributed by atoms with Gasteiger partial charge < -0.3 is 10.3 Å². The molecule has 5 rings (SSSR count). The fraction of sp³-hybridized carbons (Fsp3) is 0.238. The summed E-state index contributed by atoms with van der Waals surface area (Å²) in [4.78, 5) is 20.7. The van der Waals surface area contributed by atoms with Gasteiger partial charge in [0.2, 0.25) is 5.91 Å². The number of para-hydroxylation sites is 2. The molecule has 1 aliphatic carbocycles. The molecule has 25 heavy (non-hydrogen) atoms. The lowest BCUT2D eigenvalue weighted by atomic mass is 9.92. The predicted octanol–water partition coefficient (Wildman–Crippen LogP) is 4.35. The number of fused-ring (bicyclic) bond motifs is 4. The van der Waals surface area contributed by atoms with Crippen molar-refractivity contribution in [2.75, 3.05) is 5.32 Å². The summed E-state index contributed by atoms with van der Waals surface area (Å²) in [6.07, 6.45) is 5.08. The van der Waals surface area contributed by atoms with Gasteiger partial charge in [0.15, 0.2) is 0 Å². The molecule has 4 heteroatoms. The van der Waals surface area contributed by atoms with E-state index >= 15 is 0 Å². The minimum Gasteiger partial charge on any atom is -0.356 e. The molecule has 1 aliphatic heterocycles. The van der Waals surface area contributed by atoms with Crippen LogP contribution in [0, 0.1) is 0 Å². The minimum absolute atomic E-state index is 0.0117. The summed E-state index contributed by atoms with van der Waals surface area (Å²) in [6, 6.07) is 16.4. The number of anilines is 1. The van der Waals surface area contributed by atoms with Crippen LogP contribution >= 0.6 is 0 Å². The van der Waals surface area contributed by atoms with Crippen LogP contribution in [0.5, 0.6) is 0 Å². The topological polar surface area (TPSA) is 57.2 Å². The number of nitrogens with one attached hydrogen (secondary N) is 2. The molecule has 2 aromatic carbocycles. The highest BCUT2D eigenvalue weighted by molar-refractivity contribution is 6.12. The first kappa shape index (κ1) is 14.5. The van der Waals surface area contributed by atoms with Crippen molar-refractivity contribution in [3.63, 3.8) is 0 Å². The summed E-state index contributed by atoms with van der Waals surface area (Å²) in [5.74, 6) is -0.274. The molecule has 2 N–H and O–H groups in total. The number of carbonyl (C=O) groups excluding carboxylic acids is 1. The molecule has 2 heterocycles. The standard InChI is InChI=1S/C21H19N3O/c25-21-16(14-7-2-4-10-18(14)24-21)12-22-19-11-5-8-15-13-6-1-3-9-17(13)23-20(15)19/h1-4,6-7,9-10,12,16,19,23H,5,8,11H2,(H,24,25)/t16?,19-/m1/s1. The van der Waals surface area contributed by atoms with E-state index in [4.69, 9.17) is 4.99 Å². The van der Waals surface area contributed by atoms with Crippen molar-refractivity contribution >= 4 is 28.7 Å². The first-order chi connectivity index (χ1) is 12.3. The van der Waals surface area contributed by atoms with Crippen molar-refractivity contribution in [2.45, 2.75) is 31.2 Å². The molecule has 2 aliphatic rings. The molecular formula is C21H19N3O. The number of H-pyrrole nitrogens is 1. The fourth-order valence-electron chi connectivity index (χ4n) is 4.11. The van der Waals surface area contributed by atoms with Crippen molar-refractivity contribution in [2.24, 2.45) is 4.99 Å². The molecule has 1 amide bonds. The zero-order chi connectivity index (χ0) is 16.8. The minimum atomic E-state index is -0.286. The Bertz CT molecular complexity index is 1000. The lowest BCUT2D eigenvalue weighted by Crippen LogP contribution is -2.14. The van der Waals surface area contributed by atoms with Crippen LogP contribution < -0.4 is 5.32 Å². The fourth-order valence-corrected chi connectivity index (χ4v) is 4.11. The van der Waals surface area contributed by atoms with Gasteiger partial charge in [-0.05, 0) is 42.5 Å². The number of nitrogens with zero attached hydrogens (tertiary/aromatic N) is 1. The number of carbonyl (C=O) groups is 1. The van der Waals surface area contributed by atoms with Gasteiger partial charge in [-0.25, -0.2) is 0 Å². The van der Waals surface area contributed by atoms with Gasteiger partial charge in [0, 0.05) is 28.5 Å². The Kier molecular flexibility index (Phi) is 3.23. The van der Waals surface area contributed by atoms with Crippen LogP contribution in [0.15, 0.2) is 53.5 Å². The van der Waals surface area contributed by atoms with Crippen molar-refractivity contribution in [3.8, 4) is 0 Å². The van der Waals surface area contributed by atoms with Gasteiger partial charge in [-0.2, -0.15) is 0 Å². The van der Waals surface area contributed by atoms with Crippen LogP contribution in [-0.2, 0) is 11.2 Å². The molecule has 0 saturated heterocycles. The van der Waals surface area contributed by atoms with E-state index in [1.807, 2.05) is 30.5 Å². The maximum atomic E-state index is 12.3. The summed E-state index contributed by atoms with van der Waals surface area (Å²) >= 11 is 0. The number of aromatic amines is 1. The first-order valence-electron chi connectivity index (χ1n) is 8.84. The van der Waals surface area contributed by atoms with E-state index in [2.05, 4.69) is 34.6 Å². The number of aryl methyl sites for hydroxylation is 1. The van der Waals surface area contributed by atoms with Gasteiger partial charge in [-0.3, -0.25) is 9.79 Å². The van der Waals surface area contributed by atoms with Crippen LogP contribution in [-0.4, -0.2) is 17.1 Å². The molecular weight excluding hydrogens is 310 g/mol. The van der Waals surface area contributed by atoms with Gasteiger partial charge in [-0.1, -0.05) is 36.4 Å². The molecule has 3 aromatic rings. The molecule has 0 radical (unpaired) electrons. The molecule has 124 valence electrons. The summed E-state index contributed by atoms with van der Waals surface area (Å²) in [7, 11) is 0. The molecule has 0 spiro atoms. The number of amides is 1. The van der Waals surface area contributed by atoms with Gasteiger partial charge >= 0.3 is 0 Å².